The number of hydrogen-bond donors (Lipinski definition) is 1. The van der Waals surface area contributed by atoms with E-state index in [9.17, 15) is 13.2 Å². The van der Waals surface area contributed by atoms with Crippen LogP contribution in [-0.2, 0) is 16.6 Å². The molecule has 3 rings (SSSR count). The lowest BCUT2D eigenvalue weighted by Crippen LogP contribution is -2.42. The van der Waals surface area contributed by atoms with Gasteiger partial charge in [0.25, 0.3) is 10.0 Å². The molecule has 0 aliphatic rings. The van der Waals surface area contributed by atoms with Gasteiger partial charge in [0.05, 0.1) is 10.9 Å². The van der Waals surface area contributed by atoms with Crippen molar-refractivity contribution in [1.82, 2.24) is 9.62 Å². The molecule has 0 bridgehead atoms. The Hall–Kier alpha value is -3.32. The van der Waals surface area contributed by atoms with Gasteiger partial charge >= 0.3 is 6.03 Å². The highest BCUT2D eigenvalue weighted by atomic mass is 32.2. The number of urea groups is 1. The van der Waals surface area contributed by atoms with Gasteiger partial charge in [0.1, 0.15) is 12.4 Å². The van der Waals surface area contributed by atoms with Crippen molar-refractivity contribution in [3.63, 3.8) is 0 Å². The lowest BCUT2D eigenvalue weighted by Gasteiger charge is -2.23. The van der Waals surface area contributed by atoms with Crippen molar-refractivity contribution in [2.75, 3.05) is 7.05 Å². The number of benzene rings is 3. The molecule has 0 saturated heterocycles. The van der Waals surface area contributed by atoms with E-state index in [1.807, 2.05) is 55.5 Å². The van der Waals surface area contributed by atoms with Crippen molar-refractivity contribution >= 4 is 16.1 Å². The predicted molar refractivity (Wildman–Crippen MR) is 120 cm³/mol. The van der Waals surface area contributed by atoms with E-state index in [-0.39, 0.29) is 4.90 Å². The van der Waals surface area contributed by atoms with Gasteiger partial charge in [-0.05, 0) is 37.6 Å². The summed E-state index contributed by atoms with van der Waals surface area (Å²) in [5.41, 5.74) is 2.81. The van der Waals surface area contributed by atoms with Gasteiger partial charge in [-0.1, -0.05) is 66.2 Å². The number of aryl methyl sites for hydroxylation is 1. The molecule has 0 saturated carbocycles. The zero-order valence-electron chi connectivity index (χ0n) is 17.8. The summed E-state index contributed by atoms with van der Waals surface area (Å²) in [6.45, 7) is 4.13. The highest BCUT2D eigenvalue weighted by molar-refractivity contribution is 7.89. The lowest BCUT2D eigenvalue weighted by atomic mass is 10.0. The molecule has 1 unspecified atom stereocenters. The molecule has 3 aromatic carbocycles. The number of ether oxygens (including phenoxy) is 1. The fourth-order valence-electron chi connectivity index (χ4n) is 3.09. The van der Waals surface area contributed by atoms with E-state index in [1.54, 1.807) is 25.1 Å². The largest absolute Gasteiger partial charge is 0.489 e. The SMILES string of the molecule is Cc1ccc(OCc2ccccc2)c(C(C)NC(=O)N(C)S(=O)(=O)c2ccccc2)c1. The van der Waals surface area contributed by atoms with Crippen LogP contribution in [0.1, 0.15) is 29.7 Å². The number of sulfonamides is 1. The van der Waals surface area contributed by atoms with Crippen LogP contribution >= 0.6 is 0 Å². The topological polar surface area (TPSA) is 75.7 Å². The highest BCUT2D eigenvalue weighted by Crippen LogP contribution is 2.28. The van der Waals surface area contributed by atoms with E-state index in [0.717, 1.165) is 21.0 Å². The molecule has 0 radical (unpaired) electrons. The molecule has 3 aromatic rings. The third kappa shape index (κ3) is 5.44. The summed E-state index contributed by atoms with van der Waals surface area (Å²) >= 11 is 0. The number of nitrogens with one attached hydrogen (secondary N) is 1. The Morgan fingerprint density at radius 3 is 2.26 bits per heavy atom. The number of amides is 2. The van der Waals surface area contributed by atoms with Gasteiger partial charge in [0.15, 0.2) is 0 Å². The first-order valence-electron chi connectivity index (χ1n) is 9.91. The second kappa shape index (κ2) is 9.66. The quantitative estimate of drug-likeness (QED) is 0.582. The molecule has 0 aliphatic carbocycles. The van der Waals surface area contributed by atoms with Crippen LogP contribution < -0.4 is 10.1 Å². The summed E-state index contributed by atoms with van der Waals surface area (Å²) in [5, 5.41) is 2.77. The molecular weight excluding hydrogens is 412 g/mol. The summed E-state index contributed by atoms with van der Waals surface area (Å²) < 4.78 is 32.1. The van der Waals surface area contributed by atoms with Gasteiger partial charge in [-0.3, -0.25) is 0 Å². The minimum absolute atomic E-state index is 0.0581. The molecule has 7 heteroatoms. The number of rotatable bonds is 7. The van der Waals surface area contributed by atoms with E-state index < -0.39 is 22.1 Å². The molecule has 0 spiro atoms. The average Bonchev–Trinajstić information content (AvgIpc) is 2.78. The maximum atomic E-state index is 12.7. The van der Waals surface area contributed by atoms with Crippen molar-refractivity contribution in [3.8, 4) is 5.75 Å². The van der Waals surface area contributed by atoms with Crippen molar-refractivity contribution in [2.45, 2.75) is 31.4 Å². The Morgan fingerprint density at radius 1 is 1.00 bits per heavy atom. The molecule has 0 aromatic heterocycles. The molecule has 162 valence electrons. The first kappa shape index (κ1) is 22.4. The Bertz CT molecular complexity index is 1130. The molecule has 31 heavy (non-hydrogen) atoms. The zero-order chi connectivity index (χ0) is 22.4. The van der Waals surface area contributed by atoms with Crippen LogP contribution in [0, 0.1) is 6.92 Å². The summed E-state index contributed by atoms with van der Waals surface area (Å²) in [4.78, 5) is 12.8. The van der Waals surface area contributed by atoms with E-state index in [4.69, 9.17) is 4.74 Å². The fourth-order valence-corrected chi connectivity index (χ4v) is 4.17. The van der Waals surface area contributed by atoms with Crippen LogP contribution in [0.5, 0.6) is 5.75 Å². The smallest absolute Gasteiger partial charge is 0.331 e. The predicted octanol–water partition coefficient (Wildman–Crippen LogP) is 4.67. The Labute approximate surface area is 183 Å². The number of carbonyl (C=O) groups is 1. The molecule has 1 N–H and O–H groups in total. The minimum Gasteiger partial charge on any atom is -0.489 e. The zero-order valence-corrected chi connectivity index (χ0v) is 18.6. The van der Waals surface area contributed by atoms with Crippen molar-refractivity contribution in [2.24, 2.45) is 0 Å². The number of nitrogens with zero attached hydrogens (tertiary/aromatic N) is 1. The fraction of sp³-hybridized carbons (Fsp3) is 0.208. The van der Waals surface area contributed by atoms with E-state index in [1.165, 1.54) is 19.2 Å². The summed E-state index contributed by atoms with van der Waals surface area (Å²) in [5.74, 6) is 0.635. The van der Waals surface area contributed by atoms with Crippen LogP contribution in [0.25, 0.3) is 0 Å². The van der Waals surface area contributed by atoms with Gasteiger partial charge in [-0.25, -0.2) is 17.5 Å². The van der Waals surface area contributed by atoms with Gasteiger partial charge in [-0.15, -0.1) is 0 Å². The van der Waals surface area contributed by atoms with Crippen molar-refractivity contribution in [1.29, 1.82) is 0 Å². The molecule has 1 atom stereocenters. The molecule has 0 heterocycles. The van der Waals surface area contributed by atoms with Crippen LogP contribution in [-0.4, -0.2) is 25.8 Å². The lowest BCUT2D eigenvalue weighted by molar-refractivity contribution is 0.224. The Kier molecular flexibility index (Phi) is 6.97. The standard InChI is InChI=1S/C24H26N2O4S/c1-18-14-15-23(30-17-20-10-6-4-7-11-20)22(16-18)19(2)25-24(27)26(3)31(28,29)21-12-8-5-9-13-21/h4-16,19H,17H2,1-3H3,(H,25,27). The number of carbonyl (C=O) groups excluding carboxylic acids is 1. The van der Waals surface area contributed by atoms with Crippen LogP contribution in [0.4, 0.5) is 4.79 Å². The van der Waals surface area contributed by atoms with Crippen LogP contribution in [0.2, 0.25) is 0 Å². The van der Waals surface area contributed by atoms with Crippen molar-refractivity contribution < 1.29 is 17.9 Å². The second-order valence-electron chi connectivity index (χ2n) is 7.27. The first-order valence-corrected chi connectivity index (χ1v) is 11.3. The summed E-state index contributed by atoms with van der Waals surface area (Å²) in [6.07, 6.45) is 0. The third-order valence-electron chi connectivity index (χ3n) is 4.90. The van der Waals surface area contributed by atoms with E-state index >= 15 is 0 Å². The maximum Gasteiger partial charge on any atom is 0.331 e. The third-order valence-corrected chi connectivity index (χ3v) is 6.65. The van der Waals surface area contributed by atoms with Gasteiger partial charge in [-0.2, -0.15) is 0 Å². The summed E-state index contributed by atoms with van der Waals surface area (Å²) in [6, 6.07) is 22.2. The van der Waals surface area contributed by atoms with Gasteiger partial charge < -0.3 is 10.1 Å². The second-order valence-corrected chi connectivity index (χ2v) is 9.24. The Morgan fingerprint density at radius 2 is 1.61 bits per heavy atom. The highest BCUT2D eigenvalue weighted by Gasteiger charge is 2.27. The minimum atomic E-state index is -3.94. The number of hydrogen-bond acceptors (Lipinski definition) is 4. The molecule has 6 nitrogen and oxygen atoms in total. The molecule has 0 aliphatic heterocycles. The average molecular weight is 439 g/mol. The molecule has 0 fully saturated rings. The van der Waals surface area contributed by atoms with Crippen molar-refractivity contribution in [3.05, 3.63) is 95.6 Å². The van der Waals surface area contributed by atoms with Gasteiger partial charge in [0, 0.05) is 12.6 Å². The van der Waals surface area contributed by atoms with Crippen LogP contribution in [0.3, 0.4) is 0 Å². The Balaban J connectivity index is 1.75. The van der Waals surface area contributed by atoms with Gasteiger partial charge in [0.2, 0.25) is 0 Å². The first-order chi connectivity index (χ1) is 14.8. The maximum absolute atomic E-state index is 12.7. The van der Waals surface area contributed by atoms with E-state index in [2.05, 4.69) is 5.32 Å². The normalized spacial score (nSPS) is 12.1. The van der Waals surface area contributed by atoms with E-state index in [0.29, 0.717) is 12.4 Å². The monoisotopic (exact) mass is 438 g/mol. The summed E-state index contributed by atoms with van der Waals surface area (Å²) in [7, 11) is -2.70. The van der Waals surface area contributed by atoms with Crippen LogP contribution in [0.15, 0.2) is 83.8 Å². The molecular formula is C24H26N2O4S. The molecule has 2 amide bonds.